The van der Waals surface area contributed by atoms with Gasteiger partial charge in [0.05, 0.1) is 30.7 Å². The number of imidazole rings is 1. The fraction of sp³-hybridized carbons (Fsp3) is 0.286. The van der Waals surface area contributed by atoms with Gasteiger partial charge in [0.15, 0.2) is 5.71 Å². The number of hydrogen-bond donors (Lipinski definition) is 2. The largest absolute Gasteiger partial charge is 0.345 e. The second-order valence-electron chi connectivity index (χ2n) is 7.23. The lowest BCUT2D eigenvalue weighted by Crippen LogP contribution is -2.32. The van der Waals surface area contributed by atoms with Crippen molar-refractivity contribution < 1.29 is 4.79 Å². The first-order valence-corrected chi connectivity index (χ1v) is 9.57. The molecule has 3 heterocycles. The van der Waals surface area contributed by atoms with E-state index in [2.05, 4.69) is 37.6 Å². The summed E-state index contributed by atoms with van der Waals surface area (Å²) < 4.78 is 2.03. The number of fused-ring (bicyclic) bond motifs is 1. The second-order valence-corrected chi connectivity index (χ2v) is 7.23. The first-order chi connectivity index (χ1) is 14.1. The van der Waals surface area contributed by atoms with Crippen molar-refractivity contribution in [1.82, 2.24) is 19.7 Å². The highest BCUT2D eigenvalue weighted by Gasteiger charge is 2.23. The lowest BCUT2D eigenvalue weighted by Gasteiger charge is -2.04. The molecular weight excluding hydrogens is 366 g/mol. The lowest BCUT2D eigenvalue weighted by molar-refractivity contribution is -0.114. The summed E-state index contributed by atoms with van der Waals surface area (Å²) in [5.41, 5.74) is 4.95. The SMILES string of the molecule is Cc1ccnc(CNC(=O)/C(C=NCc2cn3cc(C4CC4)ccc3n2)=N/N)c1. The molecule has 0 unspecified atom stereocenters. The van der Waals surface area contributed by atoms with Crippen LogP contribution in [0.15, 0.2) is 52.9 Å². The monoisotopic (exact) mass is 389 g/mol. The number of nitrogens with zero attached hydrogens (tertiary/aromatic N) is 5. The summed E-state index contributed by atoms with van der Waals surface area (Å²) in [6, 6.07) is 7.97. The molecule has 3 aromatic heterocycles. The Labute approximate surface area is 168 Å². The molecule has 8 heteroatoms. The molecule has 3 aromatic rings. The Bertz CT molecular complexity index is 1100. The van der Waals surface area contributed by atoms with Gasteiger partial charge in [-0.3, -0.25) is 14.8 Å². The predicted molar refractivity (Wildman–Crippen MR) is 112 cm³/mol. The highest BCUT2D eigenvalue weighted by atomic mass is 16.1. The molecule has 0 aromatic carbocycles. The molecule has 0 aliphatic heterocycles. The van der Waals surface area contributed by atoms with Crippen LogP contribution in [0.1, 0.15) is 41.3 Å². The van der Waals surface area contributed by atoms with E-state index in [0.29, 0.717) is 19.0 Å². The van der Waals surface area contributed by atoms with Crippen LogP contribution >= 0.6 is 0 Å². The Kier molecular flexibility index (Phi) is 5.33. The smallest absolute Gasteiger partial charge is 0.273 e. The average Bonchev–Trinajstić information content (AvgIpc) is 3.49. The maximum absolute atomic E-state index is 12.3. The number of hydrogen-bond acceptors (Lipinski definition) is 6. The summed E-state index contributed by atoms with van der Waals surface area (Å²) in [5.74, 6) is 5.65. The van der Waals surface area contributed by atoms with Gasteiger partial charge in [0.1, 0.15) is 5.65 Å². The number of nitrogens with one attached hydrogen (secondary N) is 1. The van der Waals surface area contributed by atoms with Gasteiger partial charge in [-0.25, -0.2) is 4.98 Å². The molecule has 0 spiro atoms. The van der Waals surface area contributed by atoms with Crippen LogP contribution in [0, 0.1) is 6.92 Å². The van der Waals surface area contributed by atoms with Gasteiger partial charge in [0, 0.05) is 18.6 Å². The molecule has 1 aliphatic carbocycles. The van der Waals surface area contributed by atoms with Crippen molar-refractivity contribution in [2.24, 2.45) is 15.9 Å². The molecule has 0 atom stereocenters. The molecule has 4 rings (SSSR count). The molecule has 0 radical (unpaired) electrons. The summed E-state index contributed by atoms with van der Waals surface area (Å²) in [6.45, 7) is 2.60. The zero-order chi connectivity index (χ0) is 20.2. The zero-order valence-corrected chi connectivity index (χ0v) is 16.2. The molecule has 29 heavy (non-hydrogen) atoms. The molecule has 3 N–H and O–H groups in total. The zero-order valence-electron chi connectivity index (χ0n) is 16.2. The van der Waals surface area contributed by atoms with Gasteiger partial charge in [-0.05, 0) is 55.0 Å². The predicted octanol–water partition coefficient (Wildman–Crippen LogP) is 2.12. The van der Waals surface area contributed by atoms with E-state index in [1.807, 2.05) is 35.7 Å². The molecular formula is C21H23N7O. The summed E-state index contributed by atoms with van der Waals surface area (Å²) in [7, 11) is 0. The van der Waals surface area contributed by atoms with Gasteiger partial charge >= 0.3 is 0 Å². The number of amides is 1. The van der Waals surface area contributed by atoms with Gasteiger partial charge in [0.25, 0.3) is 5.91 Å². The van der Waals surface area contributed by atoms with E-state index in [1.54, 1.807) is 6.20 Å². The fourth-order valence-electron chi connectivity index (χ4n) is 3.13. The van der Waals surface area contributed by atoms with Crippen LogP contribution in [-0.4, -0.2) is 32.2 Å². The first-order valence-electron chi connectivity index (χ1n) is 9.57. The minimum Gasteiger partial charge on any atom is -0.345 e. The Morgan fingerprint density at radius 3 is 2.93 bits per heavy atom. The number of aryl methyl sites for hydroxylation is 1. The van der Waals surface area contributed by atoms with Crippen molar-refractivity contribution in [3.63, 3.8) is 0 Å². The summed E-state index contributed by atoms with van der Waals surface area (Å²) in [4.78, 5) is 25.3. The number of rotatable bonds is 7. The average molecular weight is 389 g/mol. The van der Waals surface area contributed by atoms with Crippen molar-refractivity contribution >= 4 is 23.5 Å². The quantitative estimate of drug-likeness (QED) is 0.366. The maximum Gasteiger partial charge on any atom is 0.273 e. The van der Waals surface area contributed by atoms with Crippen LogP contribution in [0.3, 0.4) is 0 Å². The summed E-state index contributed by atoms with van der Waals surface area (Å²) >= 11 is 0. The highest BCUT2D eigenvalue weighted by Crippen LogP contribution is 2.39. The van der Waals surface area contributed by atoms with Crippen molar-refractivity contribution in [2.45, 2.75) is 38.8 Å². The summed E-state index contributed by atoms with van der Waals surface area (Å²) in [5, 5.41) is 6.29. The van der Waals surface area contributed by atoms with E-state index in [1.165, 1.54) is 24.6 Å². The molecule has 1 aliphatic rings. The van der Waals surface area contributed by atoms with Crippen LogP contribution < -0.4 is 11.2 Å². The van der Waals surface area contributed by atoms with Crippen molar-refractivity contribution in [2.75, 3.05) is 0 Å². The number of aliphatic imine (C=N–C) groups is 1. The van der Waals surface area contributed by atoms with E-state index < -0.39 is 5.91 Å². The lowest BCUT2D eigenvalue weighted by atomic mass is 10.2. The van der Waals surface area contributed by atoms with Crippen molar-refractivity contribution in [3.8, 4) is 0 Å². The van der Waals surface area contributed by atoms with Crippen LogP contribution in [0.4, 0.5) is 0 Å². The molecule has 8 nitrogen and oxygen atoms in total. The van der Waals surface area contributed by atoms with Crippen LogP contribution in [0.25, 0.3) is 5.65 Å². The van der Waals surface area contributed by atoms with Crippen molar-refractivity contribution in [3.05, 3.63) is 65.4 Å². The van der Waals surface area contributed by atoms with Gasteiger partial charge in [-0.15, -0.1) is 0 Å². The maximum atomic E-state index is 12.3. The van der Waals surface area contributed by atoms with Crippen LogP contribution in [0.5, 0.6) is 0 Å². The first kappa shape index (κ1) is 18.8. The topological polar surface area (TPSA) is 110 Å². The number of carbonyl (C=O) groups excluding carboxylic acids is 1. The third-order valence-electron chi connectivity index (χ3n) is 4.81. The van der Waals surface area contributed by atoms with E-state index in [0.717, 1.165) is 22.6 Å². The minimum atomic E-state index is -0.399. The molecule has 1 fully saturated rings. The van der Waals surface area contributed by atoms with Crippen LogP contribution in [0.2, 0.25) is 0 Å². The second kappa shape index (κ2) is 8.22. The highest BCUT2D eigenvalue weighted by molar-refractivity contribution is 6.60. The minimum absolute atomic E-state index is 0.0532. The third kappa shape index (κ3) is 4.66. The van der Waals surface area contributed by atoms with E-state index in [9.17, 15) is 4.79 Å². The van der Waals surface area contributed by atoms with Gasteiger partial charge in [-0.1, -0.05) is 6.07 Å². The fourth-order valence-corrected chi connectivity index (χ4v) is 3.13. The molecule has 1 amide bonds. The van der Waals surface area contributed by atoms with Crippen LogP contribution in [-0.2, 0) is 17.9 Å². The van der Waals surface area contributed by atoms with Crippen molar-refractivity contribution in [1.29, 1.82) is 0 Å². The third-order valence-corrected chi connectivity index (χ3v) is 4.81. The molecule has 0 bridgehead atoms. The number of carbonyl (C=O) groups is 1. The van der Waals surface area contributed by atoms with Gasteiger partial charge in [0.2, 0.25) is 0 Å². The Balaban J connectivity index is 1.35. The summed E-state index contributed by atoms with van der Waals surface area (Å²) in [6.07, 6.45) is 9.70. The molecule has 0 saturated heterocycles. The van der Waals surface area contributed by atoms with E-state index in [4.69, 9.17) is 5.84 Å². The number of pyridine rings is 2. The molecule has 1 saturated carbocycles. The van der Waals surface area contributed by atoms with Gasteiger partial charge < -0.3 is 15.6 Å². The van der Waals surface area contributed by atoms with E-state index >= 15 is 0 Å². The molecule has 148 valence electrons. The van der Waals surface area contributed by atoms with E-state index in [-0.39, 0.29) is 5.71 Å². The standard InChI is InChI=1S/C21H23N7O/c1-14-6-7-24-17(8-14)10-25-21(29)19(27-22)11-23-9-18-13-28-12-16(15-2-3-15)4-5-20(28)26-18/h4-8,11-13,15H,2-3,9-10,22H2,1H3,(H,25,29)/b23-11?,27-19+. The Morgan fingerprint density at radius 1 is 1.31 bits per heavy atom. The number of hydrazone groups is 1. The Hall–Kier alpha value is -3.55. The number of nitrogens with two attached hydrogens (primary N) is 1. The number of aromatic nitrogens is 3. The van der Waals surface area contributed by atoms with Gasteiger partial charge in [-0.2, -0.15) is 5.10 Å². The normalized spacial score (nSPS) is 14.6. The Morgan fingerprint density at radius 2 is 2.17 bits per heavy atom.